The maximum absolute atomic E-state index is 12.7. The third kappa shape index (κ3) is 12.7. The quantitative estimate of drug-likeness (QED) is 0.0874. The van der Waals surface area contributed by atoms with Gasteiger partial charge in [0.25, 0.3) is 0 Å². The summed E-state index contributed by atoms with van der Waals surface area (Å²) < 4.78 is 27.2. The molecule has 0 aromatic heterocycles. The third-order valence-corrected chi connectivity index (χ3v) is 6.61. The fourth-order valence-electron chi connectivity index (χ4n) is 4.07. The zero-order chi connectivity index (χ0) is 31.8. The van der Waals surface area contributed by atoms with Gasteiger partial charge in [0.05, 0.1) is 25.9 Å². The van der Waals surface area contributed by atoms with Crippen LogP contribution in [0.5, 0.6) is 17.2 Å². The minimum absolute atomic E-state index is 0.129. The van der Waals surface area contributed by atoms with Crippen LogP contribution < -0.4 is 14.2 Å². The Morgan fingerprint density at radius 3 is 2.19 bits per heavy atom. The van der Waals surface area contributed by atoms with Gasteiger partial charge in [-0.25, -0.2) is 14.4 Å². The molecule has 2 aromatic carbocycles. The molecule has 0 N–H and O–H groups in total. The van der Waals surface area contributed by atoms with Crippen molar-refractivity contribution < 1.29 is 38.1 Å². The molecular weight excluding hydrogens is 550 g/mol. The average Bonchev–Trinajstić information content (AvgIpc) is 2.97. The summed E-state index contributed by atoms with van der Waals surface area (Å²) in [5.41, 5.74) is 1.46. The van der Waals surface area contributed by atoms with Gasteiger partial charge in [0.1, 0.15) is 12.4 Å². The van der Waals surface area contributed by atoms with E-state index < -0.39 is 11.9 Å². The number of rotatable bonds is 18. The van der Waals surface area contributed by atoms with Gasteiger partial charge in [-0.05, 0) is 101 Å². The maximum atomic E-state index is 12.7. The predicted octanol–water partition coefficient (Wildman–Crippen LogP) is 6.12. The van der Waals surface area contributed by atoms with Crippen LogP contribution in [-0.2, 0) is 19.1 Å². The van der Waals surface area contributed by atoms with Crippen molar-refractivity contribution in [3.8, 4) is 17.2 Å². The Hall–Kier alpha value is -4.11. The number of benzene rings is 2. The van der Waals surface area contributed by atoms with Crippen molar-refractivity contribution in [1.29, 1.82) is 0 Å². The smallest absolute Gasteiger partial charge is 0.343 e. The molecule has 0 spiro atoms. The number of hydrogen-bond acceptors (Lipinski definition) is 9. The van der Waals surface area contributed by atoms with Gasteiger partial charge >= 0.3 is 17.9 Å². The SMILES string of the molecule is C=C(C)C(=O)OCCCCCCOc1ccc(C(=O)Oc2ccc(/C=C/C(=O)OCC(C(C)C)N(C)C)cc2OC)cc1. The van der Waals surface area contributed by atoms with Crippen LogP contribution in [0, 0.1) is 5.92 Å². The summed E-state index contributed by atoms with van der Waals surface area (Å²) in [6.07, 6.45) is 6.52. The van der Waals surface area contributed by atoms with Crippen LogP contribution in [0.1, 0.15) is 62.4 Å². The summed E-state index contributed by atoms with van der Waals surface area (Å²) in [6, 6.07) is 11.9. The summed E-state index contributed by atoms with van der Waals surface area (Å²) in [4.78, 5) is 38.3. The highest BCUT2D eigenvalue weighted by molar-refractivity contribution is 5.91. The molecule has 0 saturated heterocycles. The van der Waals surface area contributed by atoms with Crippen LogP contribution >= 0.6 is 0 Å². The van der Waals surface area contributed by atoms with Gasteiger partial charge in [-0.2, -0.15) is 0 Å². The van der Waals surface area contributed by atoms with E-state index in [0.29, 0.717) is 53.9 Å². The van der Waals surface area contributed by atoms with Gasteiger partial charge in [0.15, 0.2) is 11.5 Å². The standard InChI is InChI=1S/C34H45NO8/c1-24(2)29(35(5)6)23-42-32(36)19-13-26-12-18-30(31(22-26)39-7)43-34(38)27-14-16-28(17-15-27)40-20-10-8-9-11-21-41-33(37)25(3)4/h12-19,22,24,29H,3,8-11,20-21,23H2,1-2,4-7H3/b19-13+. The number of esters is 3. The number of unbranched alkanes of at least 4 members (excludes halogenated alkanes) is 3. The minimum Gasteiger partial charge on any atom is -0.494 e. The van der Waals surface area contributed by atoms with Gasteiger partial charge in [-0.1, -0.05) is 26.5 Å². The Morgan fingerprint density at radius 2 is 1.58 bits per heavy atom. The molecule has 2 rings (SSSR count). The van der Waals surface area contributed by atoms with Gasteiger partial charge in [0.2, 0.25) is 0 Å². The number of carbonyl (C=O) groups excluding carboxylic acids is 3. The Kier molecular flexibility index (Phi) is 15.0. The van der Waals surface area contributed by atoms with E-state index in [0.717, 1.165) is 25.7 Å². The molecule has 0 fully saturated rings. The van der Waals surface area contributed by atoms with Crippen LogP contribution in [0.4, 0.5) is 0 Å². The number of ether oxygens (including phenoxy) is 5. The molecule has 0 bridgehead atoms. The van der Waals surface area contributed by atoms with E-state index in [2.05, 4.69) is 20.4 Å². The second-order valence-electron chi connectivity index (χ2n) is 10.7. The van der Waals surface area contributed by atoms with Gasteiger partial charge in [0, 0.05) is 17.7 Å². The van der Waals surface area contributed by atoms with Crippen LogP contribution in [-0.4, -0.2) is 69.9 Å². The molecule has 0 aliphatic rings. The molecule has 0 saturated carbocycles. The van der Waals surface area contributed by atoms with Crippen LogP contribution in [0.3, 0.4) is 0 Å². The molecule has 0 aliphatic heterocycles. The molecule has 0 amide bonds. The summed E-state index contributed by atoms with van der Waals surface area (Å²) in [5.74, 6) is 0.279. The Balaban J connectivity index is 1.81. The summed E-state index contributed by atoms with van der Waals surface area (Å²) in [7, 11) is 5.40. The first kappa shape index (κ1) is 35.1. The number of nitrogens with zero attached hydrogens (tertiary/aromatic N) is 1. The monoisotopic (exact) mass is 595 g/mol. The lowest BCUT2D eigenvalue weighted by atomic mass is 10.0. The summed E-state index contributed by atoms with van der Waals surface area (Å²) >= 11 is 0. The molecule has 9 nitrogen and oxygen atoms in total. The minimum atomic E-state index is -0.537. The second kappa shape index (κ2) is 18.4. The van der Waals surface area contributed by atoms with Crippen molar-refractivity contribution in [1.82, 2.24) is 4.90 Å². The molecule has 0 radical (unpaired) electrons. The Labute approximate surface area is 255 Å². The van der Waals surface area contributed by atoms with E-state index in [1.54, 1.807) is 55.5 Å². The highest BCUT2D eigenvalue weighted by atomic mass is 16.6. The molecule has 0 aliphatic carbocycles. The first-order chi connectivity index (χ1) is 20.5. The number of likely N-dealkylation sites (N-methyl/N-ethyl adjacent to an activating group) is 1. The molecule has 43 heavy (non-hydrogen) atoms. The fraction of sp³-hybridized carbons (Fsp3) is 0.441. The zero-order valence-corrected chi connectivity index (χ0v) is 26.2. The number of hydrogen-bond donors (Lipinski definition) is 0. The lowest BCUT2D eigenvalue weighted by Gasteiger charge is -2.27. The van der Waals surface area contributed by atoms with Crippen molar-refractivity contribution in [3.63, 3.8) is 0 Å². The van der Waals surface area contributed by atoms with Crippen molar-refractivity contribution >= 4 is 24.0 Å². The van der Waals surface area contributed by atoms with Crippen molar-refractivity contribution in [2.45, 2.75) is 52.5 Å². The van der Waals surface area contributed by atoms with Gasteiger partial charge < -0.3 is 28.6 Å². The van der Waals surface area contributed by atoms with Crippen molar-refractivity contribution in [2.75, 3.05) is 41.0 Å². The lowest BCUT2D eigenvalue weighted by Crippen LogP contribution is -2.37. The van der Waals surface area contributed by atoms with E-state index in [4.69, 9.17) is 23.7 Å². The first-order valence-corrected chi connectivity index (χ1v) is 14.5. The first-order valence-electron chi connectivity index (χ1n) is 14.5. The number of carbonyl (C=O) groups is 3. The largest absolute Gasteiger partial charge is 0.494 e. The van der Waals surface area contributed by atoms with Crippen LogP contribution in [0.2, 0.25) is 0 Å². The molecule has 2 aromatic rings. The van der Waals surface area contributed by atoms with E-state index in [1.807, 2.05) is 19.0 Å². The predicted molar refractivity (Wildman–Crippen MR) is 166 cm³/mol. The van der Waals surface area contributed by atoms with Crippen LogP contribution in [0.15, 0.2) is 60.7 Å². The topological polar surface area (TPSA) is 101 Å². The Morgan fingerprint density at radius 1 is 0.907 bits per heavy atom. The van der Waals surface area contributed by atoms with E-state index in [-0.39, 0.29) is 17.8 Å². The van der Waals surface area contributed by atoms with Crippen LogP contribution in [0.25, 0.3) is 6.08 Å². The molecule has 1 unspecified atom stereocenters. The fourth-order valence-corrected chi connectivity index (χ4v) is 4.07. The molecule has 234 valence electrons. The maximum Gasteiger partial charge on any atom is 0.343 e. The highest BCUT2D eigenvalue weighted by Crippen LogP contribution is 2.29. The van der Waals surface area contributed by atoms with Gasteiger partial charge in [-0.15, -0.1) is 0 Å². The second-order valence-corrected chi connectivity index (χ2v) is 10.7. The van der Waals surface area contributed by atoms with Crippen molar-refractivity contribution in [2.24, 2.45) is 5.92 Å². The molecule has 0 heterocycles. The lowest BCUT2D eigenvalue weighted by molar-refractivity contribution is -0.140. The Bertz CT molecular complexity index is 1230. The molecule has 9 heteroatoms. The highest BCUT2D eigenvalue weighted by Gasteiger charge is 2.17. The molecule has 1 atom stereocenters. The van der Waals surface area contributed by atoms with Gasteiger partial charge in [-0.3, -0.25) is 0 Å². The van der Waals surface area contributed by atoms with E-state index in [1.165, 1.54) is 13.2 Å². The normalized spacial score (nSPS) is 11.8. The zero-order valence-electron chi connectivity index (χ0n) is 26.2. The summed E-state index contributed by atoms with van der Waals surface area (Å²) in [5, 5.41) is 0. The van der Waals surface area contributed by atoms with E-state index in [9.17, 15) is 14.4 Å². The summed E-state index contributed by atoms with van der Waals surface area (Å²) in [6.45, 7) is 10.6. The third-order valence-electron chi connectivity index (χ3n) is 6.61. The average molecular weight is 596 g/mol. The van der Waals surface area contributed by atoms with Crippen molar-refractivity contribution in [3.05, 3.63) is 71.8 Å². The molecular formula is C34H45NO8. The number of methoxy groups -OCH3 is 1. The van der Waals surface area contributed by atoms with E-state index >= 15 is 0 Å².